The van der Waals surface area contributed by atoms with Crippen molar-refractivity contribution in [3.63, 3.8) is 0 Å². The molecule has 0 saturated carbocycles. The topological polar surface area (TPSA) is 12.0 Å². The van der Waals surface area contributed by atoms with E-state index < -0.39 is 0 Å². The maximum absolute atomic E-state index is 3.55. The lowest BCUT2D eigenvalue weighted by Crippen LogP contribution is -2.31. The highest BCUT2D eigenvalue weighted by atomic mass is 14.9. The van der Waals surface area contributed by atoms with E-state index in [4.69, 9.17) is 0 Å². The monoisotopic (exact) mass is 237 g/mol. The minimum Gasteiger partial charge on any atom is -0.311 e. The third-order valence-electron chi connectivity index (χ3n) is 3.68. The van der Waals surface area contributed by atoms with Gasteiger partial charge < -0.3 is 5.32 Å². The number of hydrogen-bond acceptors (Lipinski definition) is 1. The molecule has 1 fully saturated rings. The maximum atomic E-state index is 3.55. The van der Waals surface area contributed by atoms with Gasteiger partial charge in [0.05, 0.1) is 0 Å². The van der Waals surface area contributed by atoms with E-state index in [9.17, 15) is 0 Å². The fourth-order valence-electron chi connectivity index (χ4n) is 2.66. The molecule has 1 nitrogen and oxygen atoms in total. The molecule has 1 heteroatoms. The molecule has 0 amide bonds. The molecule has 2 aromatic rings. The molecule has 18 heavy (non-hydrogen) atoms. The molecule has 1 saturated heterocycles. The van der Waals surface area contributed by atoms with Crippen LogP contribution < -0.4 is 5.32 Å². The number of hydrogen-bond donors (Lipinski definition) is 1. The predicted octanol–water partition coefficient (Wildman–Crippen LogP) is 4.00. The van der Waals surface area contributed by atoms with Gasteiger partial charge in [0.25, 0.3) is 0 Å². The fraction of sp³-hybridized carbons (Fsp3) is 0.294. The van der Waals surface area contributed by atoms with Gasteiger partial charge in [0.15, 0.2) is 0 Å². The van der Waals surface area contributed by atoms with Crippen molar-refractivity contribution >= 4 is 16.8 Å². The lowest BCUT2D eigenvalue weighted by molar-refractivity contribution is 0.455. The molecule has 1 aliphatic heterocycles. The Balaban J connectivity index is 1.87. The molecule has 0 aromatic heterocycles. The summed E-state index contributed by atoms with van der Waals surface area (Å²) < 4.78 is 0. The van der Waals surface area contributed by atoms with E-state index in [1.54, 1.807) is 0 Å². The Hall–Kier alpha value is -1.60. The maximum Gasteiger partial charge on any atom is 0.0253 e. The average Bonchev–Trinajstić information content (AvgIpc) is 2.46. The van der Waals surface area contributed by atoms with Gasteiger partial charge >= 0.3 is 0 Å². The van der Waals surface area contributed by atoms with Crippen molar-refractivity contribution in [2.45, 2.75) is 25.3 Å². The van der Waals surface area contributed by atoms with Gasteiger partial charge in [-0.25, -0.2) is 0 Å². The summed E-state index contributed by atoms with van der Waals surface area (Å²) in [6.07, 6.45) is 8.52. The second-order valence-electron chi connectivity index (χ2n) is 4.98. The number of benzene rings is 2. The van der Waals surface area contributed by atoms with Crippen LogP contribution in [0.5, 0.6) is 0 Å². The fourth-order valence-corrected chi connectivity index (χ4v) is 2.66. The number of nitrogens with one attached hydrogen (secondary N) is 1. The van der Waals surface area contributed by atoms with E-state index in [1.807, 2.05) is 0 Å². The van der Waals surface area contributed by atoms with Crippen LogP contribution >= 0.6 is 0 Å². The highest BCUT2D eigenvalue weighted by Gasteiger charge is 2.08. The van der Waals surface area contributed by atoms with Gasteiger partial charge in [0.2, 0.25) is 0 Å². The molecule has 3 rings (SSSR count). The van der Waals surface area contributed by atoms with Crippen molar-refractivity contribution < 1.29 is 0 Å². The highest BCUT2D eigenvalue weighted by molar-refractivity contribution is 5.90. The van der Waals surface area contributed by atoms with Crippen LogP contribution in [0.25, 0.3) is 16.8 Å². The third-order valence-corrected chi connectivity index (χ3v) is 3.68. The summed E-state index contributed by atoms with van der Waals surface area (Å²) in [6.45, 7) is 1.16. The molecule has 1 aliphatic rings. The van der Waals surface area contributed by atoms with Crippen LogP contribution in [-0.2, 0) is 0 Å². The van der Waals surface area contributed by atoms with Crippen molar-refractivity contribution in [3.8, 4) is 0 Å². The van der Waals surface area contributed by atoms with Gasteiger partial charge in [-0.05, 0) is 35.7 Å². The molecule has 1 N–H and O–H groups in total. The van der Waals surface area contributed by atoms with E-state index in [0.29, 0.717) is 6.04 Å². The second kappa shape index (κ2) is 5.36. The third kappa shape index (κ3) is 2.46. The van der Waals surface area contributed by atoms with E-state index in [-0.39, 0.29) is 0 Å². The minimum atomic E-state index is 0.553. The van der Waals surface area contributed by atoms with Crippen LogP contribution in [0.4, 0.5) is 0 Å². The van der Waals surface area contributed by atoms with E-state index >= 15 is 0 Å². The van der Waals surface area contributed by atoms with Gasteiger partial charge in [0.1, 0.15) is 0 Å². The Kier molecular flexibility index (Phi) is 3.42. The molecular weight excluding hydrogens is 218 g/mol. The van der Waals surface area contributed by atoms with Crippen LogP contribution in [0.1, 0.15) is 24.8 Å². The molecule has 1 heterocycles. The Bertz CT molecular complexity index is 545. The van der Waals surface area contributed by atoms with Gasteiger partial charge in [0, 0.05) is 6.04 Å². The number of piperidine rings is 1. The quantitative estimate of drug-likeness (QED) is 0.832. The molecule has 0 radical (unpaired) electrons. The molecule has 1 atom stereocenters. The molecule has 0 aliphatic carbocycles. The van der Waals surface area contributed by atoms with Crippen LogP contribution in [0.15, 0.2) is 48.5 Å². The molecule has 1 unspecified atom stereocenters. The second-order valence-corrected chi connectivity index (χ2v) is 4.98. The SMILES string of the molecule is C(=C\C1CCCCN1)/c1cccc2ccccc12. The zero-order valence-corrected chi connectivity index (χ0v) is 10.6. The summed E-state index contributed by atoms with van der Waals surface area (Å²) in [5, 5.41) is 6.21. The zero-order valence-electron chi connectivity index (χ0n) is 10.6. The van der Waals surface area contributed by atoms with Crippen molar-refractivity contribution in [2.75, 3.05) is 6.54 Å². The van der Waals surface area contributed by atoms with Crippen molar-refractivity contribution in [2.24, 2.45) is 0 Å². The van der Waals surface area contributed by atoms with Crippen molar-refractivity contribution in [3.05, 3.63) is 54.1 Å². The van der Waals surface area contributed by atoms with Gasteiger partial charge in [-0.2, -0.15) is 0 Å². The normalized spacial score (nSPS) is 20.6. The Morgan fingerprint density at radius 1 is 1.00 bits per heavy atom. The molecule has 2 aromatic carbocycles. The van der Waals surface area contributed by atoms with Crippen molar-refractivity contribution in [1.82, 2.24) is 5.32 Å². The van der Waals surface area contributed by atoms with E-state index in [2.05, 4.69) is 59.9 Å². The summed E-state index contributed by atoms with van der Waals surface area (Å²) in [4.78, 5) is 0. The molecule has 0 bridgehead atoms. The summed E-state index contributed by atoms with van der Waals surface area (Å²) in [6, 6.07) is 15.6. The zero-order chi connectivity index (χ0) is 12.2. The first-order valence-electron chi connectivity index (χ1n) is 6.83. The van der Waals surface area contributed by atoms with E-state index in [1.165, 1.54) is 35.6 Å². The van der Waals surface area contributed by atoms with E-state index in [0.717, 1.165) is 6.54 Å². The first-order chi connectivity index (χ1) is 8.93. The Labute approximate surface area is 109 Å². The first-order valence-corrected chi connectivity index (χ1v) is 6.83. The predicted molar refractivity (Wildman–Crippen MR) is 78.6 cm³/mol. The Morgan fingerprint density at radius 2 is 1.89 bits per heavy atom. The first kappa shape index (κ1) is 11.5. The molecule has 92 valence electrons. The highest BCUT2D eigenvalue weighted by Crippen LogP contribution is 2.20. The summed E-state index contributed by atoms with van der Waals surface area (Å²) in [5.74, 6) is 0. The lowest BCUT2D eigenvalue weighted by atomic mass is 10.0. The van der Waals surface area contributed by atoms with Crippen LogP contribution in [-0.4, -0.2) is 12.6 Å². The van der Waals surface area contributed by atoms with Gasteiger partial charge in [-0.3, -0.25) is 0 Å². The number of rotatable bonds is 2. The standard InChI is InChI=1S/C17H19N/c1-2-10-17-14(6-1)7-5-8-15(17)11-12-16-9-3-4-13-18-16/h1-2,5-8,10-12,16,18H,3-4,9,13H2/b12-11+. The van der Waals surface area contributed by atoms with Crippen molar-refractivity contribution in [1.29, 1.82) is 0 Å². The molecule has 0 spiro atoms. The summed E-state index contributed by atoms with van der Waals surface area (Å²) >= 11 is 0. The van der Waals surface area contributed by atoms with Crippen LogP contribution in [0, 0.1) is 0 Å². The molecular formula is C17H19N. The van der Waals surface area contributed by atoms with Gasteiger partial charge in [-0.15, -0.1) is 0 Å². The summed E-state index contributed by atoms with van der Waals surface area (Å²) in [5.41, 5.74) is 1.32. The average molecular weight is 237 g/mol. The Morgan fingerprint density at radius 3 is 2.78 bits per heavy atom. The summed E-state index contributed by atoms with van der Waals surface area (Å²) in [7, 11) is 0. The minimum absolute atomic E-state index is 0.553. The lowest BCUT2D eigenvalue weighted by Gasteiger charge is -2.20. The number of fused-ring (bicyclic) bond motifs is 1. The van der Waals surface area contributed by atoms with Gasteiger partial charge in [-0.1, -0.05) is 61.0 Å². The van der Waals surface area contributed by atoms with Crippen LogP contribution in [0.2, 0.25) is 0 Å². The smallest absolute Gasteiger partial charge is 0.0253 e. The largest absolute Gasteiger partial charge is 0.311 e. The van der Waals surface area contributed by atoms with Crippen LogP contribution in [0.3, 0.4) is 0 Å².